The SMILES string of the molecule is CC[C@@H](C)NC(=O)[C@@H]1CCCN1S(=O)(=O)c1ccccc1C(F)(F)F. The van der Waals surface area contributed by atoms with E-state index in [-0.39, 0.29) is 19.0 Å². The van der Waals surface area contributed by atoms with Crippen molar-refractivity contribution in [2.45, 2.75) is 56.3 Å². The van der Waals surface area contributed by atoms with Crippen LogP contribution in [0.5, 0.6) is 0 Å². The second-order valence-corrected chi connectivity index (χ2v) is 7.94. The standard InChI is InChI=1S/C16H21F3N2O3S/c1-3-11(2)20-15(22)13-8-6-10-21(13)25(23,24)14-9-5-4-7-12(14)16(17,18)19/h4-5,7,9,11,13H,3,6,8,10H2,1-2H3,(H,20,22)/t11-,13+/m1/s1. The summed E-state index contributed by atoms with van der Waals surface area (Å²) in [4.78, 5) is 11.5. The zero-order valence-corrected chi connectivity index (χ0v) is 14.8. The molecular weight excluding hydrogens is 357 g/mol. The molecule has 1 heterocycles. The van der Waals surface area contributed by atoms with Crippen LogP contribution in [0.4, 0.5) is 13.2 Å². The third kappa shape index (κ3) is 4.14. The molecule has 0 aliphatic carbocycles. The number of sulfonamides is 1. The lowest BCUT2D eigenvalue weighted by molar-refractivity contribution is -0.139. The van der Waals surface area contributed by atoms with Crippen LogP contribution in [0.2, 0.25) is 0 Å². The van der Waals surface area contributed by atoms with Crippen molar-refractivity contribution in [3.63, 3.8) is 0 Å². The van der Waals surface area contributed by atoms with Gasteiger partial charge in [0.2, 0.25) is 15.9 Å². The van der Waals surface area contributed by atoms with Crippen LogP contribution in [0, 0.1) is 0 Å². The van der Waals surface area contributed by atoms with Crippen molar-refractivity contribution in [2.24, 2.45) is 0 Å². The zero-order valence-electron chi connectivity index (χ0n) is 14.0. The second-order valence-electron chi connectivity index (χ2n) is 6.09. The molecule has 1 aromatic rings. The van der Waals surface area contributed by atoms with Gasteiger partial charge < -0.3 is 5.32 Å². The molecule has 0 spiro atoms. The van der Waals surface area contributed by atoms with Crippen LogP contribution < -0.4 is 5.32 Å². The van der Waals surface area contributed by atoms with Gasteiger partial charge in [0.25, 0.3) is 0 Å². The first-order chi connectivity index (χ1) is 11.6. The maximum Gasteiger partial charge on any atom is 0.417 e. The molecular formula is C16H21F3N2O3S. The van der Waals surface area contributed by atoms with E-state index in [4.69, 9.17) is 0 Å². The summed E-state index contributed by atoms with van der Waals surface area (Å²) in [6.45, 7) is 3.67. The van der Waals surface area contributed by atoms with Crippen molar-refractivity contribution in [3.8, 4) is 0 Å². The Morgan fingerprint density at radius 1 is 1.36 bits per heavy atom. The number of alkyl halides is 3. The Kier molecular flexibility index (Phi) is 5.78. The van der Waals surface area contributed by atoms with Crippen LogP contribution in [0.1, 0.15) is 38.7 Å². The van der Waals surface area contributed by atoms with Gasteiger partial charge in [-0.2, -0.15) is 17.5 Å². The smallest absolute Gasteiger partial charge is 0.352 e. The van der Waals surface area contributed by atoms with Gasteiger partial charge in [-0.15, -0.1) is 0 Å². The summed E-state index contributed by atoms with van der Waals surface area (Å²) < 4.78 is 66.1. The molecule has 5 nitrogen and oxygen atoms in total. The van der Waals surface area contributed by atoms with Gasteiger partial charge in [0.15, 0.2) is 0 Å². The van der Waals surface area contributed by atoms with E-state index in [9.17, 15) is 26.4 Å². The Labute approximate surface area is 145 Å². The summed E-state index contributed by atoms with van der Waals surface area (Å²) >= 11 is 0. The van der Waals surface area contributed by atoms with Crippen LogP contribution in [0.3, 0.4) is 0 Å². The number of rotatable bonds is 5. The van der Waals surface area contributed by atoms with E-state index in [0.717, 1.165) is 22.5 Å². The van der Waals surface area contributed by atoms with E-state index in [2.05, 4.69) is 5.32 Å². The van der Waals surface area contributed by atoms with E-state index in [1.54, 1.807) is 6.92 Å². The van der Waals surface area contributed by atoms with Crippen LogP contribution >= 0.6 is 0 Å². The van der Waals surface area contributed by atoms with Crippen molar-refractivity contribution in [2.75, 3.05) is 6.54 Å². The van der Waals surface area contributed by atoms with Crippen LogP contribution in [0.15, 0.2) is 29.2 Å². The third-order valence-corrected chi connectivity index (χ3v) is 6.25. The highest BCUT2D eigenvalue weighted by atomic mass is 32.2. The summed E-state index contributed by atoms with van der Waals surface area (Å²) in [5.74, 6) is -0.472. The van der Waals surface area contributed by atoms with Gasteiger partial charge in [0.1, 0.15) is 6.04 Å². The number of carbonyl (C=O) groups is 1. The average molecular weight is 378 g/mol. The summed E-state index contributed by atoms with van der Waals surface area (Å²) in [7, 11) is -4.44. The molecule has 25 heavy (non-hydrogen) atoms. The molecule has 0 bridgehead atoms. The van der Waals surface area contributed by atoms with E-state index in [1.807, 2.05) is 6.92 Å². The minimum Gasteiger partial charge on any atom is -0.352 e. The van der Waals surface area contributed by atoms with Crippen molar-refractivity contribution in [3.05, 3.63) is 29.8 Å². The molecule has 1 aliphatic heterocycles. The lowest BCUT2D eigenvalue weighted by Crippen LogP contribution is -2.48. The summed E-state index contributed by atoms with van der Waals surface area (Å²) in [5.41, 5.74) is -1.22. The summed E-state index contributed by atoms with van der Waals surface area (Å²) in [5, 5.41) is 2.70. The topological polar surface area (TPSA) is 66.5 Å². The quantitative estimate of drug-likeness (QED) is 0.857. The first-order valence-corrected chi connectivity index (χ1v) is 9.51. The highest BCUT2D eigenvalue weighted by Gasteiger charge is 2.44. The van der Waals surface area contributed by atoms with Crippen molar-refractivity contribution in [1.29, 1.82) is 0 Å². The van der Waals surface area contributed by atoms with Gasteiger partial charge in [-0.1, -0.05) is 19.1 Å². The van der Waals surface area contributed by atoms with Crippen LogP contribution in [0.25, 0.3) is 0 Å². The fourth-order valence-corrected chi connectivity index (χ4v) is 4.65. The maximum absolute atomic E-state index is 13.2. The fourth-order valence-electron chi connectivity index (χ4n) is 2.78. The predicted molar refractivity (Wildman–Crippen MR) is 86.3 cm³/mol. The summed E-state index contributed by atoms with van der Waals surface area (Å²) in [6.07, 6.45) is -3.42. The first kappa shape index (κ1) is 19.7. The molecule has 1 saturated heterocycles. The Morgan fingerprint density at radius 2 is 2.00 bits per heavy atom. The van der Waals surface area contributed by atoms with Crippen molar-refractivity contribution in [1.82, 2.24) is 9.62 Å². The number of halogens is 3. The van der Waals surface area contributed by atoms with Gasteiger partial charge in [0.05, 0.1) is 10.5 Å². The number of amides is 1. The molecule has 1 N–H and O–H groups in total. The normalized spacial score (nSPS) is 20.4. The highest BCUT2D eigenvalue weighted by Crippen LogP contribution is 2.36. The van der Waals surface area contributed by atoms with Crippen LogP contribution in [-0.2, 0) is 21.0 Å². The Balaban J connectivity index is 2.38. The van der Waals surface area contributed by atoms with Crippen molar-refractivity contribution >= 4 is 15.9 Å². The molecule has 2 atom stereocenters. The molecule has 1 amide bonds. The molecule has 9 heteroatoms. The number of benzene rings is 1. The third-order valence-electron chi connectivity index (χ3n) is 4.29. The number of hydrogen-bond acceptors (Lipinski definition) is 3. The van der Waals surface area contributed by atoms with E-state index >= 15 is 0 Å². The van der Waals surface area contributed by atoms with E-state index < -0.39 is 38.6 Å². The summed E-state index contributed by atoms with van der Waals surface area (Å²) in [6, 6.07) is 2.92. The molecule has 2 rings (SSSR count). The number of carbonyl (C=O) groups excluding carboxylic acids is 1. The minimum atomic E-state index is -4.79. The predicted octanol–water partition coefficient (Wildman–Crippen LogP) is 2.77. The average Bonchev–Trinajstić information content (AvgIpc) is 3.04. The van der Waals surface area contributed by atoms with Gasteiger partial charge in [-0.25, -0.2) is 8.42 Å². The lowest BCUT2D eigenvalue weighted by atomic mass is 10.2. The first-order valence-electron chi connectivity index (χ1n) is 8.07. The van der Waals surface area contributed by atoms with Gasteiger partial charge in [-0.05, 0) is 38.3 Å². The number of nitrogens with one attached hydrogen (secondary N) is 1. The minimum absolute atomic E-state index is 0.0209. The van der Waals surface area contributed by atoms with Gasteiger partial charge in [-0.3, -0.25) is 4.79 Å². The number of nitrogens with zero attached hydrogens (tertiary/aromatic N) is 1. The molecule has 0 aromatic heterocycles. The molecule has 1 fully saturated rings. The van der Waals surface area contributed by atoms with E-state index in [1.165, 1.54) is 6.07 Å². The Morgan fingerprint density at radius 3 is 2.60 bits per heavy atom. The largest absolute Gasteiger partial charge is 0.417 e. The maximum atomic E-state index is 13.2. The van der Waals surface area contributed by atoms with Crippen molar-refractivity contribution < 1.29 is 26.4 Å². The van der Waals surface area contributed by atoms with Crippen LogP contribution in [-0.4, -0.2) is 37.3 Å². The Bertz CT molecular complexity index is 734. The Hall–Kier alpha value is -1.61. The molecule has 0 saturated carbocycles. The monoisotopic (exact) mass is 378 g/mol. The molecule has 140 valence electrons. The number of hydrogen-bond donors (Lipinski definition) is 1. The molecule has 1 aromatic carbocycles. The fraction of sp³-hybridized carbons (Fsp3) is 0.562. The van der Waals surface area contributed by atoms with E-state index in [0.29, 0.717) is 12.8 Å². The van der Waals surface area contributed by atoms with Gasteiger partial charge in [0, 0.05) is 12.6 Å². The molecule has 0 radical (unpaired) electrons. The van der Waals surface area contributed by atoms with Gasteiger partial charge >= 0.3 is 6.18 Å². The second kappa shape index (κ2) is 7.33. The molecule has 1 aliphatic rings. The highest BCUT2D eigenvalue weighted by molar-refractivity contribution is 7.89. The lowest BCUT2D eigenvalue weighted by Gasteiger charge is -2.26. The molecule has 0 unspecified atom stereocenters. The zero-order chi connectivity index (χ0) is 18.8.